The van der Waals surface area contributed by atoms with E-state index in [0.29, 0.717) is 35.0 Å². The molecule has 4 rings (SSSR count). The largest absolute Gasteiger partial charge is 0.481 e. The summed E-state index contributed by atoms with van der Waals surface area (Å²) in [5, 5.41) is 20.4. The number of aliphatic hydroxyl groups is 1. The van der Waals surface area contributed by atoms with E-state index in [0.717, 1.165) is 30.6 Å². The average Bonchev–Trinajstić information content (AvgIpc) is 3.01. The van der Waals surface area contributed by atoms with Gasteiger partial charge < -0.3 is 10.2 Å². The summed E-state index contributed by atoms with van der Waals surface area (Å²) in [5.74, 6) is 3.56. The van der Waals surface area contributed by atoms with Crippen molar-refractivity contribution in [3.63, 3.8) is 0 Å². The zero-order chi connectivity index (χ0) is 23.0. The first-order chi connectivity index (χ1) is 14.2. The van der Waals surface area contributed by atoms with Gasteiger partial charge in [0.15, 0.2) is 0 Å². The van der Waals surface area contributed by atoms with E-state index in [1.54, 1.807) is 0 Å². The van der Waals surface area contributed by atoms with E-state index in [-0.39, 0.29) is 16.5 Å². The number of carboxylic acid groups (broad SMARTS) is 1. The van der Waals surface area contributed by atoms with Crippen LogP contribution in [0.25, 0.3) is 0 Å². The molecule has 0 saturated heterocycles. The van der Waals surface area contributed by atoms with Crippen molar-refractivity contribution in [2.45, 2.75) is 95.1 Å². The first kappa shape index (κ1) is 23.8. The number of fused-ring (bicyclic) bond motifs is 5. The van der Waals surface area contributed by atoms with Crippen LogP contribution in [0.15, 0.2) is 0 Å². The summed E-state index contributed by atoms with van der Waals surface area (Å²) >= 11 is 0. The molecular weight excluding hydrogens is 380 g/mol. The van der Waals surface area contributed by atoms with Crippen LogP contribution in [0, 0.1) is 46.3 Å². The molecule has 170 valence electrons. The van der Waals surface area contributed by atoms with Crippen LogP contribution < -0.4 is 0 Å². The smallest absolute Gasteiger partial charge is 0.303 e. The number of aliphatic carboxylic acids is 1. The molecule has 0 bridgehead atoms. The maximum atomic E-state index is 11.2. The second kappa shape index (κ2) is 7.60. The fourth-order valence-corrected chi connectivity index (χ4v) is 10.7. The summed E-state index contributed by atoms with van der Waals surface area (Å²) in [5.41, 5.74) is 0.713. The van der Waals surface area contributed by atoms with Crippen LogP contribution in [-0.4, -0.2) is 53.7 Å². The van der Waals surface area contributed by atoms with Crippen molar-refractivity contribution in [3.05, 3.63) is 0 Å². The van der Waals surface area contributed by atoms with Crippen LogP contribution in [0.3, 0.4) is 0 Å². The minimum absolute atomic E-state index is 0.0220. The molecule has 0 aliphatic heterocycles. The Bertz CT molecular complexity index is 728. The van der Waals surface area contributed by atoms with Crippen molar-refractivity contribution in [1.82, 2.24) is 0 Å². The number of aliphatic hydroxyl groups excluding tert-OH is 1. The van der Waals surface area contributed by atoms with Gasteiger partial charge in [-0.05, 0) is 84.9 Å². The van der Waals surface area contributed by atoms with E-state index in [9.17, 15) is 15.0 Å². The number of rotatable bonds is 4. The van der Waals surface area contributed by atoms with Crippen LogP contribution in [0.5, 0.6) is 0 Å². The maximum absolute atomic E-state index is 11.2. The first-order valence-electron chi connectivity index (χ1n) is 13.1. The molecule has 9 atom stereocenters. The molecule has 0 radical (unpaired) electrons. The van der Waals surface area contributed by atoms with Gasteiger partial charge in [0.1, 0.15) is 31.4 Å². The third-order valence-corrected chi connectivity index (χ3v) is 11.6. The Kier molecular flexibility index (Phi) is 5.85. The highest BCUT2D eigenvalue weighted by Crippen LogP contribution is 2.72. The Hall–Kier alpha value is -0.310. The highest BCUT2D eigenvalue weighted by Gasteiger charge is 2.65. The van der Waals surface area contributed by atoms with E-state index >= 15 is 0 Å². The molecule has 0 aromatic heterocycles. The standard InChI is InChI=1S/C24H44B4O3/c1-13(4-9-19(29)30)15-6-7-16-14-5-8-18-22(3,17(14)10-11-21(15,16)2)12-23(25,26)20(31)24(18,27)28/h13-18,20,31H,4-12,25-28H2,1-3H3,(H,29,30)/t13-,14+,15-,16+,17+,18+,20+,21-,22-/m1/s1. The average molecular weight is 424 g/mol. The van der Waals surface area contributed by atoms with Crippen molar-refractivity contribution in [3.8, 4) is 0 Å². The third-order valence-electron chi connectivity index (χ3n) is 11.6. The second-order valence-corrected chi connectivity index (χ2v) is 14.0. The number of carbonyl (C=O) groups is 1. The Morgan fingerprint density at radius 3 is 2.29 bits per heavy atom. The molecule has 4 saturated carbocycles. The summed E-state index contributed by atoms with van der Waals surface area (Å²) in [7, 11) is 9.27. The molecule has 4 aliphatic rings. The number of hydrogen-bond donors (Lipinski definition) is 2. The first-order valence-corrected chi connectivity index (χ1v) is 13.1. The highest BCUT2D eigenvalue weighted by molar-refractivity contribution is 6.45. The van der Waals surface area contributed by atoms with Gasteiger partial charge in [0.2, 0.25) is 0 Å². The SMILES string of the molecule is BC1(B)C[C@@]2(C)[C@H](CC[C@@H]3[C@@H]2CC[C@]2(C)[C@@H]([C@H](C)CCC(=O)O)CC[C@@H]32)C(B)(B)[C@H]1O. The van der Waals surface area contributed by atoms with Crippen LogP contribution in [0.2, 0.25) is 10.4 Å². The second-order valence-electron chi connectivity index (χ2n) is 14.0. The van der Waals surface area contributed by atoms with Crippen LogP contribution in [0.1, 0.15) is 78.6 Å². The van der Waals surface area contributed by atoms with E-state index < -0.39 is 5.97 Å². The van der Waals surface area contributed by atoms with Crippen LogP contribution >= 0.6 is 0 Å². The van der Waals surface area contributed by atoms with E-state index in [1.165, 1.54) is 38.5 Å². The van der Waals surface area contributed by atoms with Gasteiger partial charge in [0.25, 0.3) is 0 Å². The summed E-state index contributed by atoms with van der Waals surface area (Å²) < 4.78 is 0. The molecule has 3 nitrogen and oxygen atoms in total. The zero-order valence-electron chi connectivity index (χ0n) is 21.2. The molecule has 31 heavy (non-hydrogen) atoms. The van der Waals surface area contributed by atoms with Crippen LogP contribution in [0.4, 0.5) is 0 Å². The summed E-state index contributed by atoms with van der Waals surface area (Å²) in [6, 6.07) is 0. The predicted octanol–water partition coefficient (Wildman–Crippen LogP) is 1.49. The molecule has 0 spiro atoms. The zero-order valence-corrected chi connectivity index (χ0v) is 21.2. The number of carboxylic acids is 1. The summed E-state index contributed by atoms with van der Waals surface area (Å²) in [4.78, 5) is 11.1. The van der Waals surface area contributed by atoms with E-state index in [2.05, 4.69) is 52.2 Å². The molecular formula is C24H44B4O3. The van der Waals surface area contributed by atoms with Gasteiger partial charge in [-0.25, -0.2) is 0 Å². The lowest BCUT2D eigenvalue weighted by Gasteiger charge is -2.68. The molecule has 4 aliphatic carbocycles. The van der Waals surface area contributed by atoms with Crippen molar-refractivity contribution in [2.75, 3.05) is 0 Å². The lowest BCUT2D eigenvalue weighted by molar-refractivity contribution is -0.140. The maximum Gasteiger partial charge on any atom is 0.303 e. The minimum Gasteiger partial charge on any atom is -0.481 e. The lowest BCUT2D eigenvalue weighted by Crippen LogP contribution is -2.62. The van der Waals surface area contributed by atoms with Gasteiger partial charge in [-0.1, -0.05) is 44.0 Å². The van der Waals surface area contributed by atoms with Crippen molar-refractivity contribution < 1.29 is 15.0 Å². The molecule has 0 unspecified atom stereocenters. The normalized spacial score (nSPS) is 48.8. The molecule has 2 N–H and O–H groups in total. The third kappa shape index (κ3) is 3.50. The minimum atomic E-state index is -0.647. The fraction of sp³-hybridized carbons (Fsp3) is 0.958. The highest BCUT2D eigenvalue weighted by atomic mass is 16.4. The Balaban J connectivity index is 1.59. The molecule has 0 aromatic rings. The van der Waals surface area contributed by atoms with Gasteiger partial charge in [-0.2, -0.15) is 0 Å². The summed E-state index contributed by atoms with van der Waals surface area (Å²) in [6.45, 7) is 7.48. The van der Waals surface area contributed by atoms with Gasteiger partial charge >= 0.3 is 5.97 Å². The predicted molar refractivity (Wildman–Crippen MR) is 138 cm³/mol. The van der Waals surface area contributed by atoms with Crippen molar-refractivity contribution >= 4 is 37.4 Å². The van der Waals surface area contributed by atoms with Gasteiger partial charge in [-0.3, -0.25) is 4.79 Å². The number of hydrogen-bond acceptors (Lipinski definition) is 2. The van der Waals surface area contributed by atoms with Gasteiger partial charge in [0.05, 0.1) is 0 Å². The van der Waals surface area contributed by atoms with E-state index in [1.807, 2.05) is 0 Å². The van der Waals surface area contributed by atoms with Crippen LogP contribution in [-0.2, 0) is 4.79 Å². The van der Waals surface area contributed by atoms with Crippen molar-refractivity contribution in [2.24, 2.45) is 46.3 Å². The van der Waals surface area contributed by atoms with E-state index in [4.69, 9.17) is 0 Å². The topological polar surface area (TPSA) is 57.5 Å². The van der Waals surface area contributed by atoms with Crippen molar-refractivity contribution in [1.29, 1.82) is 0 Å². The summed E-state index contributed by atoms with van der Waals surface area (Å²) in [6.07, 6.45) is 9.94. The van der Waals surface area contributed by atoms with Gasteiger partial charge in [-0.15, -0.1) is 0 Å². The molecule has 4 fully saturated rings. The molecule has 7 heteroatoms. The molecule has 0 aromatic carbocycles. The molecule has 0 amide bonds. The quantitative estimate of drug-likeness (QED) is 0.674. The lowest BCUT2D eigenvalue weighted by atomic mass is 9.24. The Morgan fingerprint density at radius 2 is 1.65 bits per heavy atom. The van der Waals surface area contributed by atoms with Gasteiger partial charge in [0, 0.05) is 12.5 Å². The Morgan fingerprint density at radius 1 is 1.00 bits per heavy atom. The fourth-order valence-electron chi connectivity index (χ4n) is 10.7. The molecule has 0 heterocycles. The monoisotopic (exact) mass is 424 g/mol. The Labute approximate surface area is 193 Å².